The molecule has 2 aromatic carbocycles. The Bertz CT molecular complexity index is 842. The summed E-state index contributed by atoms with van der Waals surface area (Å²) in [6.07, 6.45) is 1.90. The third-order valence-electron chi connectivity index (χ3n) is 5.98. The van der Waals surface area contributed by atoms with Crippen molar-refractivity contribution >= 4 is 11.8 Å². The third-order valence-corrected chi connectivity index (χ3v) is 5.98. The van der Waals surface area contributed by atoms with Crippen molar-refractivity contribution in [1.82, 2.24) is 4.90 Å². The van der Waals surface area contributed by atoms with Gasteiger partial charge in [0.25, 0.3) is 0 Å². The molecule has 1 amide bonds. The van der Waals surface area contributed by atoms with E-state index < -0.39 is 5.60 Å². The summed E-state index contributed by atoms with van der Waals surface area (Å²) in [5.41, 5.74) is 2.31. The van der Waals surface area contributed by atoms with Gasteiger partial charge in [-0.1, -0.05) is 30.3 Å². The standard InChI is InChI=1S/C25H32N2O3/c1-24(2,3)30-23(28)26-15-13-25(14-16-26)18-27(19-25)21-9-11-22(12-10-21)29-17-20-7-5-4-6-8-20/h4-12H,13-19H2,1-3H3. The van der Waals surface area contributed by atoms with Gasteiger partial charge >= 0.3 is 6.09 Å². The van der Waals surface area contributed by atoms with E-state index >= 15 is 0 Å². The number of carbonyl (C=O) groups excluding carboxylic acids is 1. The van der Waals surface area contributed by atoms with Gasteiger partial charge in [0.15, 0.2) is 0 Å². The minimum Gasteiger partial charge on any atom is -0.489 e. The minimum atomic E-state index is -0.434. The lowest BCUT2D eigenvalue weighted by atomic mass is 9.72. The second-order valence-corrected chi connectivity index (χ2v) is 9.59. The monoisotopic (exact) mass is 408 g/mol. The van der Waals surface area contributed by atoms with E-state index in [0.717, 1.165) is 44.8 Å². The van der Waals surface area contributed by atoms with Gasteiger partial charge in [-0.15, -0.1) is 0 Å². The zero-order chi connectivity index (χ0) is 21.2. The molecule has 0 N–H and O–H groups in total. The smallest absolute Gasteiger partial charge is 0.410 e. The average Bonchev–Trinajstić information content (AvgIpc) is 2.70. The van der Waals surface area contributed by atoms with E-state index in [4.69, 9.17) is 9.47 Å². The van der Waals surface area contributed by atoms with Crippen molar-refractivity contribution in [2.24, 2.45) is 5.41 Å². The molecular weight excluding hydrogens is 376 g/mol. The Morgan fingerprint density at radius 2 is 1.60 bits per heavy atom. The van der Waals surface area contributed by atoms with Crippen molar-refractivity contribution in [2.45, 2.75) is 45.8 Å². The Balaban J connectivity index is 1.24. The molecule has 0 unspecified atom stereocenters. The van der Waals surface area contributed by atoms with Gasteiger partial charge in [0.2, 0.25) is 0 Å². The molecule has 0 atom stereocenters. The molecule has 4 rings (SSSR count). The van der Waals surface area contributed by atoms with Gasteiger partial charge in [-0.05, 0) is 63.4 Å². The number of hydrogen-bond donors (Lipinski definition) is 0. The molecule has 2 heterocycles. The van der Waals surface area contributed by atoms with Crippen LogP contribution in [0.1, 0.15) is 39.2 Å². The molecule has 5 nitrogen and oxygen atoms in total. The molecule has 160 valence electrons. The first kappa shape index (κ1) is 20.6. The normalized spacial score (nSPS) is 18.1. The van der Waals surface area contributed by atoms with Crippen molar-refractivity contribution in [3.8, 4) is 5.75 Å². The predicted molar refractivity (Wildman–Crippen MR) is 119 cm³/mol. The van der Waals surface area contributed by atoms with E-state index in [1.165, 1.54) is 11.3 Å². The summed E-state index contributed by atoms with van der Waals surface area (Å²) in [7, 11) is 0. The van der Waals surface area contributed by atoms with Crippen LogP contribution < -0.4 is 9.64 Å². The molecule has 1 spiro atoms. The predicted octanol–water partition coefficient (Wildman–Crippen LogP) is 5.10. The lowest BCUT2D eigenvalue weighted by Gasteiger charge is -2.55. The van der Waals surface area contributed by atoms with Crippen LogP contribution in [0.2, 0.25) is 0 Å². The summed E-state index contributed by atoms with van der Waals surface area (Å²) in [5.74, 6) is 0.892. The third kappa shape index (κ3) is 4.89. The molecule has 0 aromatic heterocycles. The van der Waals surface area contributed by atoms with Crippen molar-refractivity contribution in [2.75, 3.05) is 31.1 Å². The molecule has 2 saturated heterocycles. The maximum atomic E-state index is 12.3. The Labute approximate surface area is 179 Å². The summed E-state index contributed by atoms with van der Waals surface area (Å²) in [6, 6.07) is 18.6. The minimum absolute atomic E-state index is 0.181. The van der Waals surface area contributed by atoms with E-state index in [-0.39, 0.29) is 6.09 Å². The quantitative estimate of drug-likeness (QED) is 0.706. The number of hydrogen-bond acceptors (Lipinski definition) is 4. The fourth-order valence-corrected chi connectivity index (χ4v) is 4.25. The highest BCUT2D eigenvalue weighted by Gasteiger charge is 2.45. The molecule has 5 heteroatoms. The SMILES string of the molecule is CC(C)(C)OC(=O)N1CCC2(CC1)CN(c1ccc(OCc3ccccc3)cc1)C2. The fourth-order valence-electron chi connectivity index (χ4n) is 4.25. The molecule has 2 aliphatic heterocycles. The Hall–Kier alpha value is -2.69. The topological polar surface area (TPSA) is 42.0 Å². The summed E-state index contributed by atoms with van der Waals surface area (Å²) in [6.45, 7) is 10.0. The largest absolute Gasteiger partial charge is 0.489 e. The van der Waals surface area contributed by atoms with Crippen LogP contribution in [0.25, 0.3) is 0 Å². The summed E-state index contributed by atoms with van der Waals surface area (Å²) >= 11 is 0. The molecule has 0 saturated carbocycles. The first-order valence-electron chi connectivity index (χ1n) is 10.8. The van der Waals surface area contributed by atoms with Crippen molar-refractivity contribution in [3.05, 3.63) is 60.2 Å². The Morgan fingerprint density at radius 1 is 0.967 bits per heavy atom. The molecule has 0 aliphatic carbocycles. The molecule has 30 heavy (non-hydrogen) atoms. The zero-order valence-corrected chi connectivity index (χ0v) is 18.3. The summed E-state index contributed by atoms with van der Waals surface area (Å²) in [4.78, 5) is 16.6. The van der Waals surface area contributed by atoms with Crippen LogP contribution in [0, 0.1) is 5.41 Å². The lowest BCUT2D eigenvalue weighted by Crippen LogP contribution is -2.61. The van der Waals surface area contributed by atoms with E-state index in [2.05, 4.69) is 29.2 Å². The molecular formula is C25H32N2O3. The number of carbonyl (C=O) groups is 1. The number of rotatable bonds is 4. The van der Waals surface area contributed by atoms with Crippen molar-refractivity contribution < 1.29 is 14.3 Å². The van der Waals surface area contributed by atoms with Crippen LogP contribution in [-0.4, -0.2) is 42.8 Å². The second kappa shape index (κ2) is 8.21. The number of ether oxygens (including phenoxy) is 2. The maximum Gasteiger partial charge on any atom is 0.410 e. The zero-order valence-electron chi connectivity index (χ0n) is 18.3. The van der Waals surface area contributed by atoms with Gasteiger partial charge in [-0.2, -0.15) is 0 Å². The van der Waals surface area contributed by atoms with E-state index in [0.29, 0.717) is 12.0 Å². The van der Waals surface area contributed by atoms with Gasteiger partial charge in [-0.25, -0.2) is 4.79 Å². The highest BCUT2D eigenvalue weighted by molar-refractivity contribution is 5.68. The molecule has 0 radical (unpaired) electrons. The van der Waals surface area contributed by atoms with Gasteiger partial charge < -0.3 is 19.3 Å². The van der Waals surface area contributed by atoms with Crippen LogP contribution >= 0.6 is 0 Å². The van der Waals surface area contributed by atoms with E-state index in [1.807, 2.05) is 56.0 Å². The maximum absolute atomic E-state index is 12.3. The van der Waals surface area contributed by atoms with Crippen LogP contribution in [0.3, 0.4) is 0 Å². The fraction of sp³-hybridized carbons (Fsp3) is 0.480. The van der Waals surface area contributed by atoms with E-state index in [9.17, 15) is 4.79 Å². The number of benzene rings is 2. The highest BCUT2D eigenvalue weighted by atomic mass is 16.6. The highest BCUT2D eigenvalue weighted by Crippen LogP contribution is 2.43. The second-order valence-electron chi connectivity index (χ2n) is 9.59. The van der Waals surface area contributed by atoms with E-state index in [1.54, 1.807) is 0 Å². The first-order valence-corrected chi connectivity index (χ1v) is 10.8. The van der Waals surface area contributed by atoms with Gasteiger partial charge in [-0.3, -0.25) is 0 Å². The number of likely N-dealkylation sites (tertiary alicyclic amines) is 1. The van der Waals surface area contributed by atoms with Gasteiger partial charge in [0.05, 0.1) is 0 Å². The molecule has 0 bridgehead atoms. The number of anilines is 1. The number of nitrogens with zero attached hydrogens (tertiary/aromatic N) is 2. The van der Waals surface area contributed by atoms with Gasteiger partial charge in [0, 0.05) is 37.3 Å². The van der Waals surface area contributed by atoms with Crippen LogP contribution in [0.4, 0.5) is 10.5 Å². The first-order chi connectivity index (χ1) is 14.3. The Morgan fingerprint density at radius 3 is 2.20 bits per heavy atom. The Kier molecular flexibility index (Phi) is 5.63. The van der Waals surface area contributed by atoms with Crippen LogP contribution in [0.15, 0.2) is 54.6 Å². The lowest BCUT2D eigenvalue weighted by molar-refractivity contribution is 0.00598. The van der Waals surface area contributed by atoms with Crippen LogP contribution in [0.5, 0.6) is 5.75 Å². The number of amides is 1. The van der Waals surface area contributed by atoms with Crippen molar-refractivity contribution in [1.29, 1.82) is 0 Å². The molecule has 2 fully saturated rings. The average molecular weight is 409 g/mol. The molecule has 2 aliphatic rings. The summed E-state index contributed by atoms with van der Waals surface area (Å²) < 4.78 is 11.4. The molecule has 2 aromatic rings. The number of piperidine rings is 1. The van der Waals surface area contributed by atoms with Gasteiger partial charge in [0.1, 0.15) is 18.0 Å². The summed E-state index contributed by atoms with van der Waals surface area (Å²) in [5, 5.41) is 0. The van der Waals surface area contributed by atoms with Crippen molar-refractivity contribution in [3.63, 3.8) is 0 Å². The van der Waals surface area contributed by atoms with Crippen LogP contribution in [-0.2, 0) is 11.3 Å².